The molecule has 1 fully saturated rings. The first-order valence-corrected chi connectivity index (χ1v) is 9.46. The lowest BCUT2D eigenvalue weighted by Gasteiger charge is -2.31. The van der Waals surface area contributed by atoms with Gasteiger partial charge in [-0.2, -0.15) is 0 Å². The largest absolute Gasteiger partial charge is 0.374 e. The Hall–Kier alpha value is -2.44. The van der Waals surface area contributed by atoms with Gasteiger partial charge in [-0.15, -0.1) is 0 Å². The zero-order valence-electron chi connectivity index (χ0n) is 15.9. The van der Waals surface area contributed by atoms with E-state index in [4.69, 9.17) is 4.74 Å². The van der Waals surface area contributed by atoms with Gasteiger partial charge < -0.3 is 19.9 Å². The third-order valence-electron chi connectivity index (χ3n) is 4.72. The molecule has 6 heteroatoms. The third-order valence-corrected chi connectivity index (χ3v) is 4.72. The molecule has 27 heavy (non-hydrogen) atoms. The summed E-state index contributed by atoms with van der Waals surface area (Å²) in [6.07, 6.45) is 4.41. The molecular weight excluding hydrogens is 340 g/mol. The lowest BCUT2D eigenvalue weighted by molar-refractivity contribution is -0.0172. The summed E-state index contributed by atoms with van der Waals surface area (Å²) in [6, 6.07) is 14.1. The van der Waals surface area contributed by atoms with Gasteiger partial charge in [-0.1, -0.05) is 36.4 Å². The maximum atomic E-state index is 12.8. The molecule has 0 aliphatic carbocycles. The topological polar surface area (TPSA) is 57.7 Å². The van der Waals surface area contributed by atoms with Crippen molar-refractivity contribution in [3.05, 3.63) is 66.0 Å². The van der Waals surface area contributed by atoms with Crippen LogP contribution in [-0.4, -0.2) is 66.8 Å². The van der Waals surface area contributed by atoms with Gasteiger partial charge in [0.1, 0.15) is 0 Å². The van der Waals surface area contributed by atoms with Gasteiger partial charge in [-0.05, 0) is 30.7 Å². The van der Waals surface area contributed by atoms with Crippen LogP contribution in [0.2, 0.25) is 0 Å². The highest BCUT2D eigenvalue weighted by Gasteiger charge is 2.20. The Labute approximate surface area is 161 Å². The summed E-state index contributed by atoms with van der Waals surface area (Å²) in [5.41, 5.74) is 2.24. The zero-order chi connectivity index (χ0) is 18.9. The highest BCUT2D eigenvalue weighted by molar-refractivity contribution is 5.74. The van der Waals surface area contributed by atoms with Crippen LogP contribution in [0.1, 0.15) is 11.1 Å². The summed E-state index contributed by atoms with van der Waals surface area (Å²) in [4.78, 5) is 21.0. The first-order chi connectivity index (χ1) is 13.2. The molecule has 1 N–H and O–H groups in total. The molecule has 2 amide bonds. The van der Waals surface area contributed by atoms with Crippen LogP contribution in [0.15, 0.2) is 54.9 Å². The minimum absolute atomic E-state index is 0.0436. The maximum Gasteiger partial charge on any atom is 0.317 e. The average molecular weight is 368 g/mol. The van der Waals surface area contributed by atoms with Crippen LogP contribution in [0.4, 0.5) is 4.79 Å². The summed E-state index contributed by atoms with van der Waals surface area (Å²) in [5.74, 6) is 0. The number of rotatable bonds is 7. The minimum atomic E-state index is -0.0633. The van der Waals surface area contributed by atoms with Crippen LogP contribution in [0.5, 0.6) is 0 Å². The molecule has 0 spiro atoms. The van der Waals surface area contributed by atoms with Gasteiger partial charge in [-0.3, -0.25) is 4.98 Å². The van der Waals surface area contributed by atoms with Crippen LogP contribution in [0, 0.1) is 0 Å². The quantitative estimate of drug-likeness (QED) is 0.814. The van der Waals surface area contributed by atoms with Gasteiger partial charge >= 0.3 is 6.03 Å². The van der Waals surface area contributed by atoms with Crippen LogP contribution >= 0.6 is 0 Å². The molecule has 0 bridgehead atoms. The van der Waals surface area contributed by atoms with E-state index in [-0.39, 0.29) is 12.1 Å². The number of benzene rings is 1. The average Bonchev–Trinajstić information content (AvgIpc) is 2.71. The van der Waals surface area contributed by atoms with E-state index in [0.717, 1.165) is 25.1 Å². The monoisotopic (exact) mass is 368 g/mol. The van der Waals surface area contributed by atoms with Gasteiger partial charge in [-0.25, -0.2) is 4.79 Å². The van der Waals surface area contributed by atoms with Gasteiger partial charge in [0.15, 0.2) is 0 Å². The Morgan fingerprint density at radius 2 is 2.07 bits per heavy atom. The Morgan fingerprint density at radius 1 is 1.26 bits per heavy atom. The summed E-state index contributed by atoms with van der Waals surface area (Å²) in [6.45, 7) is 4.21. The Bertz CT molecular complexity index is 696. The second kappa shape index (κ2) is 10.0. The van der Waals surface area contributed by atoms with Crippen LogP contribution in [-0.2, 0) is 17.7 Å². The first-order valence-electron chi connectivity index (χ1n) is 9.46. The maximum absolute atomic E-state index is 12.8. The highest BCUT2D eigenvalue weighted by Crippen LogP contribution is 2.08. The van der Waals surface area contributed by atoms with Crippen molar-refractivity contribution in [3.8, 4) is 0 Å². The van der Waals surface area contributed by atoms with Crippen molar-refractivity contribution in [1.82, 2.24) is 20.1 Å². The molecule has 144 valence electrons. The predicted molar refractivity (Wildman–Crippen MR) is 105 cm³/mol. The van der Waals surface area contributed by atoms with E-state index in [1.807, 2.05) is 41.4 Å². The van der Waals surface area contributed by atoms with Crippen molar-refractivity contribution in [2.75, 3.05) is 39.8 Å². The SMILES string of the molecule is CN1CCO[C@H](CNC(=O)N(CCc2ccccc2)Cc2cccnc2)C1. The number of carbonyl (C=O) groups is 1. The number of ether oxygens (including phenoxy) is 1. The number of amides is 2. The fraction of sp³-hybridized carbons (Fsp3) is 0.429. The van der Waals surface area contributed by atoms with Crippen molar-refractivity contribution in [1.29, 1.82) is 0 Å². The van der Waals surface area contributed by atoms with Crippen molar-refractivity contribution in [2.45, 2.75) is 19.1 Å². The van der Waals surface area contributed by atoms with Gasteiger partial charge in [0, 0.05) is 45.1 Å². The molecule has 6 nitrogen and oxygen atoms in total. The number of urea groups is 1. The minimum Gasteiger partial charge on any atom is -0.374 e. The van der Waals surface area contributed by atoms with E-state index in [9.17, 15) is 4.79 Å². The Balaban J connectivity index is 1.58. The smallest absolute Gasteiger partial charge is 0.317 e. The van der Waals surface area contributed by atoms with Crippen molar-refractivity contribution < 1.29 is 9.53 Å². The van der Waals surface area contributed by atoms with Crippen LogP contribution in [0.3, 0.4) is 0 Å². The number of aromatic nitrogens is 1. The van der Waals surface area contributed by atoms with E-state index in [1.165, 1.54) is 5.56 Å². The van der Waals surface area contributed by atoms with Gasteiger partial charge in [0.2, 0.25) is 0 Å². The molecule has 0 radical (unpaired) electrons. The summed E-state index contributed by atoms with van der Waals surface area (Å²) in [5, 5.41) is 3.04. The lowest BCUT2D eigenvalue weighted by Crippen LogP contribution is -2.49. The Morgan fingerprint density at radius 3 is 2.81 bits per heavy atom. The molecular formula is C21H28N4O2. The molecule has 2 heterocycles. The first kappa shape index (κ1) is 19.3. The van der Waals surface area contributed by atoms with Gasteiger partial charge in [0.05, 0.1) is 12.7 Å². The summed E-state index contributed by atoms with van der Waals surface area (Å²) < 4.78 is 5.74. The predicted octanol–water partition coefficient (Wildman–Crippen LogP) is 2.17. The molecule has 1 aromatic carbocycles. The van der Waals surface area contributed by atoms with E-state index in [1.54, 1.807) is 6.20 Å². The van der Waals surface area contributed by atoms with Gasteiger partial charge in [0.25, 0.3) is 0 Å². The fourth-order valence-corrected chi connectivity index (χ4v) is 3.18. The number of likely N-dealkylation sites (N-methyl/N-ethyl adjacent to an activating group) is 1. The molecule has 3 rings (SSSR count). The van der Waals surface area contributed by atoms with E-state index < -0.39 is 0 Å². The molecule has 1 aliphatic heterocycles. The summed E-state index contributed by atoms with van der Waals surface area (Å²) >= 11 is 0. The number of nitrogens with zero attached hydrogens (tertiary/aromatic N) is 3. The number of hydrogen-bond acceptors (Lipinski definition) is 4. The number of morpholine rings is 1. The van der Waals surface area contributed by atoms with E-state index in [0.29, 0.717) is 26.2 Å². The van der Waals surface area contributed by atoms with E-state index >= 15 is 0 Å². The molecule has 1 aliphatic rings. The van der Waals surface area contributed by atoms with Crippen molar-refractivity contribution in [2.24, 2.45) is 0 Å². The van der Waals surface area contributed by atoms with Crippen molar-refractivity contribution >= 4 is 6.03 Å². The summed E-state index contributed by atoms with van der Waals surface area (Å²) in [7, 11) is 2.08. The number of carbonyl (C=O) groups excluding carboxylic acids is 1. The molecule has 1 saturated heterocycles. The lowest BCUT2D eigenvalue weighted by atomic mass is 10.1. The Kier molecular flexibility index (Phi) is 7.19. The fourth-order valence-electron chi connectivity index (χ4n) is 3.18. The van der Waals surface area contributed by atoms with Crippen LogP contribution < -0.4 is 5.32 Å². The number of hydrogen-bond donors (Lipinski definition) is 1. The second-order valence-corrected chi connectivity index (χ2v) is 6.96. The molecule has 1 aromatic heterocycles. The number of pyridine rings is 1. The standard InChI is InChI=1S/C21H28N4O2/c1-24-12-13-27-20(17-24)15-23-21(26)25(16-19-8-5-10-22-14-19)11-9-18-6-3-2-4-7-18/h2-8,10,14,20H,9,11-13,15-17H2,1H3,(H,23,26)/t20-/m1/s1. The molecule has 2 aromatic rings. The molecule has 0 saturated carbocycles. The highest BCUT2D eigenvalue weighted by atomic mass is 16.5. The second-order valence-electron chi connectivity index (χ2n) is 6.96. The van der Waals surface area contributed by atoms with E-state index in [2.05, 4.69) is 34.4 Å². The zero-order valence-corrected chi connectivity index (χ0v) is 15.9. The van der Waals surface area contributed by atoms with Crippen molar-refractivity contribution in [3.63, 3.8) is 0 Å². The molecule has 1 atom stereocenters. The third kappa shape index (κ3) is 6.34. The normalized spacial score (nSPS) is 17.4. The molecule has 0 unspecified atom stereocenters. The van der Waals surface area contributed by atoms with Crippen LogP contribution in [0.25, 0.3) is 0 Å². The number of nitrogens with one attached hydrogen (secondary N) is 1.